The van der Waals surface area contributed by atoms with Crippen LogP contribution in [0.4, 0.5) is 0 Å². The minimum absolute atomic E-state index is 1.25. The van der Waals surface area contributed by atoms with Gasteiger partial charge >= 0.3 is 0 Å². The summed E-state index contributed by atoms with van der Waals surface area (Å²) >= 11 is 0. The standard InChI is InChI=1S/C41H29NS/c1-42-38-26-30(20-22-34(38)37-24-28-12-8-9-13-29(28)25-39(37)42)31-21-23-36-35-18-10-11-19-40(35)43(41(36)27-31,32-14-4-2-5-15-32)33-16-6-3-7-17-33/h2-27H,1H3. The molecule has 0 radical (unpaired) electrons. The van der Waals surface area contributed by atoms with Gasteiger partial charge in [0.2, 0.25) is 0 Å². The lowest BCUT2D eigenvalue weighted by Gasteiger charge is -2.39. The molecule has 1 aliphatic heterocycles. The highest BCUT2D eigenvalue weighted by molar-refractivity contribution is 8.34. The van der Waals surface area contributed by atoms with E-state index in [1.165, 1.54) is 74.4 Å². The molecule has 0 bridgehead atoms. The van der Waals surface area contributed by atoms with E-state index >= 15 is 0 Å². The zero-order valence-corrected chi connectivity index (χ0v) is 24.7. The summed E-state index contributed by atoms with van der Waals surface area (Å²) in [6.45, 7) is 0. The van der Waals surface area contributed by atoms with Crippen molar-refractivity contribution in [1.29, 1.82) is 0 Å². The van der Waals surface area contributed by atoms with Crippen LogP contribution in [-0.2, 0) is 7.05 Å². The number of fused-ring (bicyclic) bond motifs is 7. The van der Waals surface area contributed by atoms with E-state index < -0.39 is 10.0 Å². The smallest absolute Gasteiger partial charge is 0.0495 e. The molecule has 0 amide bonds. The molecule has 0 fully saturated rings. The average molecular weight is 568 g/mol. The molecule has 0 atom stereocenters. The Morgan fingerprint density at radius 2 is 0.977 bits per heavy atom. The fourth-order valence-corrected chi connectivity index (χ4v) is 11.5. The van der Waals surface area contributed by atoms with Crippen LogP contribution in [0, 0.1) is 0 Å². The molecule has 0 saturated heterocycles. The van der Waals surface area contributed by atoms with Gasteiger partial charge in [-0.2, -0.15) is 0 Å². The highest BCUT2D eigenvalue weighted by Crippen LogP contribution is 2.80. The van der Waals surface area contributed by atoms with Crippen LogP contribution in [0.2, 0.25) is 0 Å². The molecule has 0 spiro atoms. The molecule has 9 rings (SSSR count). The van der Waals surface area contributed by atoms with E-state index in [-0.39, 0.29) is 0 Å². The number of hydrogen-bond acceptors (Lipinski definition) is 0. The summed E-state index contributed by atoms with van der Waals surface area (Å²) in [6, 6.07) is 58.9. The van der Waals surface area contributed by atoms with Gasteiger partial charge in [0.25, 0.3) is 0 Å². The van der Waals surface area contributed by atoms with Gasteiger partial charge in [0.1, 0.15) is 0 Å². The van der Waals surface area contributed by atoms with E-state index in [0.29, 0.717) is 0 Å². The summed E-state index contributed by atoms with van der Waals surface area (Å²) in [4.78, 5) is 5.60. The van der Waals surface area contributed by atoms with Crippen molar-refractivity contribution in [1.82, 2.24) is 4.57 Å². The van der Waals surface area contributed by atoms with E-state index in [2.05, 4.69) is 169 Å². The lowest BCUT2D eigenvalue weighted by atomic mass is 9.99. The Bertz CT molecular complexity index is 2310. The van der Waals surface area contributed by atoms with E-state index in [0.717, 1.165) is 0 Å². The van der Waals surface area contributed by atoms with Gasteiger partial charge in [0, 0.05) is 48.4 Å². The average Bonchev–Trinajstić information content (AvgIpc) is 3.53. The van der Waals surface area contributed by atoms with Gasteiger partial charge in [-0.05, 0) is 87.6 Å². The monoisotopic (exact) mass is 567 g/mol. The van der Waals surface area contributed by atoms with E-state index in [1.54, 1.807) is 0 Å². The molecule has 0 unspecified atom stereocenters. The van der Waals surface area contributed by atoms with Crippen molar-refractivity contribution < 1.29 is 0 Å². The van der Waals surface area contributed by atoms with Crippen LogP contribution < -0.4 is 0 Å². The summed E-state index contributed by atoms with van der Waals surface area (Å²) < 4.78 is 2.35. The normalized spacial score (nSPS) is 14.2. The van der Waals surface area contributed by atoms with Crippen molar-refractivity contribution in [2.24, 2.45) is 7.05 Å². The number of aryl methyl sites for hydroxylation is 1. The number of aromatic nitrogens is 1. The molecule has 8 aromatic rings. The maximum Gasteiger partial charge on any atom is 0.0495 e. The van der Waals surface area contributed by atoms with Crippen LogP contribution in [0.5, 0.6) is 0 Å². The maximum atomic E-state index is 2.49. The summed E-state index contributed by atoms with van der Waals surface area (Å²) in [5.74, 6) is 0. The van der Waals surface area contributed by atoms with E-state index in [9.17, 15) is 0 Å². The Morgan fingerprint density at radius 3 is 1.72 bits per heavy atom. The molecule has 204 valence electrons. The van der Waals surface area contributed by atoms with Gasteiger partial charge in [-0.25, -0.2) is 0 Å². The lowest BCUT2D eigenvalue weighted by molar-refractivity contribution is 1.02. The maximum absolute atomic E-state index is 2.49. The van der Waals surface area contributed by atoms with Gasteiger partial charge in [0.15, 0.2) is 0 Å². The molecule has 7 aromatic carbocycles. The summed E-state index contributed by atoms with van der Waals surface area (Å²) in [5.41, 5.74) is 7.73. The minimum Gasteiger partial charge on any atom is -0.344 e. The third kappa shape index (κ3) is 3.42. The fraction of sp³-hybridized carbons (Fsp3) is 0.0244. The quantitative estimate of drug-likeness (QED) is 0.200. The number of nitrogens with zero attached hydrogens (tertiary/aromatic N) is 1. The predicted molar refractivity (Wildman–Crippen MR) is 182 cm³/mol. The lowest BCUT2D eigenvalue weighted by Crippen LogP contribution is -2.01. The zero-order chi connectivity index (χ0) is 28.5. The third-order valence-electron chi connectivity index (χ3n) is 9.22. The molecule has 2 heterocycles. The van der Waals surface area contributed by atoms with Crippen molar-refractivity contribution in [3.63, 3.8) is 0 Å². The first-order chi connectivity index (χ1) is 21.2. The van der Waals surface area contributed by atoms with Crippen LogP contribution in [0.15, 0.2) is 177 Å². The molecule has 0 N–H and O–H groups in total. The molecule has 0 saturated carbocycles. The van der Waals surface area contributed by atoms with Gasteiger partial charge in [-0.15, -0.1) is 10.0 Å². The number of benzene rings is 7. The largest absolute Gasteiger partial charge is 0.344 e. The summed E-state index contributed by atoms with van der Waals surface area (Å²) in [5, 5.41) is 5.17. The Balaban J connectivity index is 1.30. The molecule has 2 heteroatoms. The molecule has 43 heavy (non-hydrogen) atoms. The SMILES string of the molecule is Cn1c2cc(-c3ccc4c(c3)S(c3ccccc3)(c3ccccc3)c3ccccc3-4)ccc2c2cc3ccccc3cc21. The Labute approximate surface area is 253 Å². The van der Waals surface area contributed by atoms with Gasteiger partial charge < -0.3 is 4.57 Å². The highest BCUT2D eigenvalue weighted by atomic mass is 32.3. The molecule has 1 aromatic heterocycles. The predicted octanol–water partition coefficient (Wildman–Crippen LogP) is 11.5. The molecular weight excluding hydrogens is 539 g/mol. The van der Waals surface area contributed by atoms with Crippen LogP contribution >= 0.6 is 10.0 Å². The first-order valence-electron chi connectivity index (χ1n) is 14.8. The van der Waals surface area contributed by atoms with Crippen molar-refractivity contribution >= 4 is 42.6 Å². The molecular formula is C41H29NS. The van der Waals surface area contributed by atoms with Crippen LogP contribution in [0.1, 0.15) is 0 Å². The molecule has 1 aliphatic rings. The van der Waals surface area contributed by atoms with Crippen molar-refractivity contribution in [2.75, 3.05) is 0 Å². The summed E-state index contributed by atoms with van der Waals surface area (Å²) in [6.07, 6.45) is 0. The van der Waals surface area contributed by atoms with Gasteiger partial charge in [0.05, 0.1) is 0 Å². The second kappa shape index (κ2) is 9.22. The van der Waals surface area contributed by atoms with Gasteiger partial charge in [-0.1, -0.05) is 103 Å². The summed E-state index contributed by atoms with van der Waals surface area (Å²) in [7, 11) is 0.530. The number of hydrogen-bond donors (Lipinski definition) is 0. The van der Waals surface area contributed by atoms with Crippen molar-refractivity contribution in [3.05, 3.63) is 158 Å². The zero-order valence-electron chi connectivity index (χ0n) is 23.9. The Kier molecular flexibility index (Phi) is 5.26. The molecule has 0 aliphatic carbocycles. The second-order valence-corrected chi connectivity index (χ2v) is 14.5. The van der Waals surface area contributed by atoms with Gasteiger partial charge in [-0.3, -0.25) is 0 Å². The van der Waals surface area contributed by atoms with Crippen LogP contribution in [0.25, 0.3) is 54.8 Å². The fourth-order valence-electron chi connectivity index (χ4n) is 7.21. The van der Waals surface area contributed by atoms with Crippen molar-refractivity contribution in [3.8, 4) is 22.3 Å². The minimum atomic E-state index is -1.67. The molecule has 1 nitrogen and oxygen atoms in total. The Morgan fingerprint density at radius 1 is 0.419 bits per heavy atom. The van der Waals surface area contributed by atoms with Crippen LogP contribution in [-0.4, -0.2) is 4.57 Å². The van der Waals surface area contributed by atoms with E-state index in [4.69, 9.17) is 0 Å². The van der Waals surface area contributed by atoms with Crippen LogP contribution in [0.3, 0.4) is 0 Å². The second-order valence-electron chi connectivity index (χ2n) is 11.5. The first kappa shape index (κ1) is 24.5. The highest BCUT2D eigenvalue weighted by Gasteiger charge is 2.41. The third-order valence-corrected chi connectivity index (χ3v) is 13.2. The number of rotatable bonds is 3. The van der Waals surface area contributed by atoms with Crippen molar-refractivity contribution in [2.45, 2.75) is 19.6 Å². The van der Waals surface area contributed by atoms with E-state index in [1.807, 2.05) is 0 Å². The first-order valence-corrected chi connectivity index (χ1v) is 16.5. The Hall–Kier alpha value is -5.05. The topological polar surface area (TPSA) is 4.93 Å².